The second-order valence-electron chi connectivity index (χ2n) is 3.92. The van der Waals surface area contributed by atoms with E-state index in [1.807, 2.05) is 0 Å². The van der Waals surface area contributed by atoms with Gasteiger partial charge in [0.2, 0.25) is 0 Å². The number of hydrogen-bond donors (Lipinski definition) is 2. The van der Waals surface area contributed by atoms with Crippen molar-refractivity contribution in [2.75, 3.05) is 18.9 Å². The van der Waals surface area contributed by atoms with Gasteiger partial charge < -0.3 is 15.3 Å². The van der Waals surface area contributed by atoms with Crippen molar-refractivity contribution < 1.29 is 19.1 Å². The van der Waals surface area contributed by atoms with Gasteiger partial charge in [0, 0.05) is 7.05 Å². The molecule has 1 aromatic rings. The first-order valence-corrected chi connectivity index (χ1v) is 5.28. The van der Waals surface area contributed by atoms with Gasteiger partial charge in [-0.2, -0.15) is 0 Å². The molecule has 18 heavy (non-hydrogen) atoms. The molecule has 2 rings (SSSR count). The quantitative estimate of drug-likeness (QED) is 0.785. The fraction of sp³-hybridized carbons (Fsp3) is 0.273. The van der Waals surface area contributed by atoms with Crippen molar-refractivity contribution in [2.24, 2.45) is 0 Å². The summed E-state index contributed by atoms with van der Waals surface area (Å²) in [4.78, 5) is 25.2. The summed E-state index contributed by atoms with van der Waals surface area (Å²) in [6.07, 6.45) is -1.23. The van der Waals surface area contributed by atoms with Gasteiger partial charge in [-0.15, -0.1) is 0 Å². The number of urea groups is 2. The molecule has 1 aliphatic heterocycles. The smallest absolute Gasteiger partial charge is 0.332 e. The SMILES string of the molecule is CN1CC(O)N(C(=O)Nc2ccccc2F)C1=O. The molecule has 7 heteroatoms. The van der Waals surface area contributed by atoms with Gasteiger partial charge in [-0.1, -0.05) is 12.1 Å². The number of carbonyl (C=O) groups is 2. The maximum absolute atomic E-state index is 13.3. The summed E-state index contributed by atoms with van der Waals surface area (Å²) < 4.78 is 13.3. The number of hydrogen-bond acceptors (Lipinski definition) is 3. The zero-order valence-corrected chi connectivity index (χ0v) is 9.63. The lowest BCUT2D eigenvalue weighted by molar-refractivity contribution is 0.0857. The van der Waals surface area contributed by atoms with E-state index in [1.54, 1.807) is 6.07 Å². The molecule has 4 amide bonds. The van der Waals surface area contributed by atoms with Gasteiger partial charge in [-0.25, -0.2) is 18.9 Å². The number of carbonyl (C=O) groups excluding carboxylic acids is 2. The molecule has 0 bridgehead atoms. The van der Waals surface area contributed by atoms with E-state index in [0.29, 0.717) is 4.90 Å². The minimum absolute atomic E-state index is 0.0313. The molecular formula is C11H12FN3O3. The zero-order valence-electron chi connectivity index (χ0n) is 9.63. The summed E-state index contributed by atoms with van der Waals surface area (Å²) in [5.41, 5.74) is -0.0444. The fourth-order valence-corrected chi connectivity index (χ4v) is 1.68. The lowest BCUT2D eigenvalue weighted by Gasteiger charge is -2.17. The Morgan fingerprint density at radius 1 is 1.50 bits per heavy atom. The highest BCUT2D eigenvalue weighted by molar-refractivity contribution is 6.01. The number of anilines is 1. The topological polar surface area (TPSA) is 72.9 Å². The van der Waals surface area contributed by atoms with Gasteiger partial charge in [-0.05, 0) is 12.1 Å². The van der Waals surface area contributed by atoms with Gasteiger partial charge >= 0.3 is 12.1 Å². The summed E-state index contributed by atoms with van der Waals surface area (Å²) in [5, 5.41) is 11.8. The molecule has 0 radical (unpaired) electrons. The first-order chi connectivity index (χ1) is 8.50. The van der Waals surface area contributed by atoms with Crippen molar-refractivity contribution in [1.29, 1.82) is 0 Å². The van der Waals surface area contributed by atoms with Crippen LogP contribution in [-0.2, 0) is 0 Å². The molecule has 0 spiro atoms. The minimum Gasteiger partial charge on any atom is -0.371 e. The van der Waals surface area contributed by atoms with Gasteiger partial charge in [-0.3, -0.25) is 0 Å². The van der Waals surface area contributed by atoms with Crippen molar-refractivity contribution >= 4 is 17.7 Å². The number of likely N-dealkylation sites (N-methyl/N-ethyl adjacent to an activating group) is 1. The first-order valence-electron chi connectivity index (χ1n) is 5.28. The number of β-amino-alcohol motifs (C(OH)–C–C–N with tert-alkyl or cyclic N) is 1. The van der Waals surface area contributed by atoms with Crippen molar-refractivity contribution in [3.8, 4) is 0 Å². The number of aliphatic hydroxyl groups excluding tert-OH is 1. The Kier molecular flexibility index (Phi) is 3.15. The highest BCUT2D eigenvalue weighted by Crippen LogP contribution is 2.17. The zero-order chi connectivity index (χ0) is 13.3. The van der Waals surface area contributed by atoms with Crippen molar-refractivity contribution in [3.63, 3.8) is 0 Å². The van der Waals surface area contributed by atoms with Crippen LogP contribution in [0.3, 0.4) is 0 Å². The molecule has 1 saturated heterocycles. The Labute approximate surface area is 103 Å². The highest BCUT2D eigenvalue weighted by atomic mass is 19.1. The number of aliphatic hydroxyl groups is 1. The van der Waals surface area contributed by atoms with Crippen LogP contribution in [0.1, 0.15) is 0 Å². The van der Waals surface area contributed by atoms with Crippen molar-refractivity contribution in [1.82, 2.24) is 9.80 Å². The normalized spacial score (nSPS) is 19.3. The summed E-state index contributed by atoms with van der Waals surface area (Å²) in [6, 6.07) is 4.09. The van der Waals surface area contributed by atoms with E-state index in [4.69, 9.17) is 0 Å². The Morgan fingerprint density at radius 2 is 2.17 bits per heavy atom. The molecule has 1 aliphatic rings. The van der Waals surface area contributed by atoms with Crippen molar-refractivity contribution in [2.45, 2.75) is 6.23 Å². The summed E-state index contributed by atoms with van der Waals surface area (Å²) in [5.74, 6) is -0.611. The predicted octanol–water partition coefficient (Wildman–Crippen LogP) is 1.04. The molecule has 1 fully saturated rings. The Balaban J connectivity index is 2.14. The number of amides is 4. The second kappa shape index (κ2) is 4.61. The Hall–Kier alpha value is -2.15. The minimum atomic E-state index is -1.23. The number of halogens is 1. The molecule has 1 heterocycles. The van der Waals surface area contributed by atoms with Crippen LogP contribution in [0.25, 0.3) is 0 Å². The lowest BCUT2D eigenvalue weighted by atomic mass is 10.3. The van der Waals surface area contributed by atoms with Crippen LogP contribution in [0, 0.1) is 5.82 Å². The molecule has 0 aromatic heterocycles. The fourth-order valence-electron chi connectivity index (χ4n) is 1.68. The average Bonchev–Trinajstić information content (AvgIpc) is 2.56. The van der Waals surface area contributed by atoms with Gasteiger partial charge in [0.05, 0.1) is 12.2 Å². The van der Waals surface area contributed by atoms with Crippen LogP contribution in [0.15, 0.2) is 24.3 Å². The van der Waals surface area contributed by atoms with E-state index < -0.39 is 24.1 Å². The monoisotopic (exact) mass is 253 g/mol. The third-order valence-electron chi connectivity index (χ3n) is 2.60. The summed E-state index contributed by atoms with van der Waals surface area (Å²) in [6.45, 7) is 0.0313. The number of benzene rings is 1. The first kappa shape index (κ1) is 12.3. The third-order valence-corrected chi connectivity index (χ3v) is 2.60. The maximum Gasteiger partial charge on any atom is 0.332 e. The molecule has 1 atom stereocenters. The van der Waals surface area contributed by atoms with Crippen LogP contribution >= 0.6 is 0 Å². The largest absolute Gasteiger partial charge is 0.371 e. The molecular weight excluding hydrogens is 241 g/mol. The molecule has 0 aliphatic carbocycles. The average molecular weight is 253 g/mol. The molecule has 96 valence electrons. The lowest BCUT2D eigenvalue weighted by Crippen LogP contribution is -2.42. The maximum atomic E-state index is 13.3. The Morgan fingerprint density at radius 3 is 2.72 bits per heavy atom. The Bertz CT molecular complexity index is 494. The van der Waals surface area contributed by atoms with Crippen LogP contribution in [-0.4, -0.2) is 46.8 Å². The standard InChI is InChI=1S/C11H12FN3O3/c1-14-6-9(16)15(11(14)18)10(17)13-8-5-3-2-4-7(8)12/h2-5,9,16H,6H2,1H3,(H,13,17). The van der Waals surface area contributed by atoms with E-state index in [1.165, 1.54) is 30.1 Å². The molecule has 2 N–H and O–H groups in total. The van der Waals surface area contributed by atoms with E-state index >= 15 is 0 Å². The van der Waals surface area contributed by atoms with Gasteiger partial charge in [0.1, 0.15) is 5.82 Å². The van der Waals surface area contributed by atoms with Crippen LogP contribution in [0.5, 0.6) is 0 Å². The summed E-state index contributed by atoms with van der Waals surface area (Å²) in [7, 11) is 1.46. The van der Waals surface area contributed by atoms with Crippen LogP contribution in [0.4, 0.5) is 19.7 Å². The van der Waals surface area contributed by atoms with E-state index in [2.05, 4.69) is 5.32 Å². The second-order valence-corrected chi connectivity index (χ2v) is 3.92. The van der Waals surface area contributed by atoms with E-state index in [0.717, 1.165) is 0 Å². The number of nitrogens with one attached hydrogen (secondary N) is 1. The van der Waals surface area contributed by atoms with E-state index in [9.17, 15) is 19.1 Å². The third kappa shape index (κ3) is 2.12. The molecule has 1 unspecified atom stereocenters. The highest BCUT2D eigenvalue weighted by Gasteiger charge is 2.38. The van der Waals surface area contributed by atoms with Crippen LogP contribution in [0.2, 0.25) is 0 Å². The molecule has 1 aromatic carbocycles. The number of para-hydroxylation sites is 1. The van der Waals surface area contributed by atoms with Crippen LogP contribution < -0.4 is 5.32 Å². The number of imide groups is 1. The van der Waals surface area contributed by atoms with Gasteiger partial charge in [0.25, 0.3) is 0 Å². The van der Waals surface area contributed by atoms with E-state index in [-0.39, 0.29) is 12.2 Å². The predicted molar refractivity (Wildman–Crippen MR) is 61.3 cm³/mol. The van der Waals surface area contributed by atoms with Gasteiger partial charge in [0.15, 0.2) is 6.23 Å². The number of rotatable bonds is 1. The molecule has 0 saturated carbocycles. The summed E-state index contributed by atoms with van der Waals surface area (Å²) >= 11 is 0. The number of nitrogens with zero attached hydrogens (tertiary/aromatic N) is 2. The van der Waals surface area contributed by atoms with Crippen molar-refractivity contribution in [3.05, 3.63) is 30.1 Å². The molecule has 6 nitrogen and oxygen atoms in total.